The number of carbonyl (C=O) groups is 1. The van der Waals surface area contributed by atoms with Crippen LogP contribution in [0.15, 0.2) is 46.3 Å². The van der Waals surface area contributed by atoms with Crippen molar-refractivity contribution in [2.45, 2.75) is 41.9 Å². The molecule has 4 rings (SSSR count). The van der Waals surface area contributed by atoms with Gasteiger partial charge in [0.2, 0.25) is 0 Å². The molecule has 5 nitrogen and oxygen atoms in total. The smallest absolute Gasteiger partial charge is 0.307 e. The molecule has 7 heteroatoms. The quantitative estimate of drug-likeness (QED) is 0.723. The average Bonchev–Trinajstić information content (AvgIpc) is 3.29. The first-order valence-electron chi connectivity index (χ1n) is 8.49. The maximum Gasteiger partial charge on any atom is 0.307 e. The van der Waals surface area contributed by atoms with Gasteiger partial charge in [0.25, 0.3) is 0 Å². The summed E-state index contributed by atoms with van der Waals surface area (Å²) in [6, 6.07) is 8.47. The van der Waals surface area contributed by atoms with Gasteiger partial charge in [0, 0.05) is 21.9 Å². The van der Waals surface area contributed by atoms with E-state index in [1.54, 1.807) is 6.07 Å². The third-order valence-electron chi connectivity index (χ3n) is 4.62. The molecule has 0 radical (unpaired) electrons. The molecule has 26 heavy (non-hydrogen) atoms. The topological polar surface area (TPSA) is 67.5 Å². The third kappa shape index (κ3) is 3.07. The van der Waals surface area contributed by atoms with Crippen molar-refractivity contribution in [2.24, 2.45) is 5.92 Å². The molecule has 2 unspecified atom stereocenters. The Hall–Kier alpha value is -2.41. The van der Waals surface area contributed by atoms with E-state index in [9.17, 15) is 14.3 Å². The fourth-order valence-corrected chi connectivity index (χ4v) is 4.20. The van der Waals surface area contributed by atoms with Crippen LogP contribution in [0, 0.1) is 11.7 Å². The average molecular weight is 371 g/mol. The second kappa shape index (κ2) is 6.39. The molecule has 0 aliphatic heterocycles. The molecule has 0 amide bonds. The lowest BCUT2D eigenvalue weighted by atomic mass is 10.1. The number of hydrogen-bond acceptors (Lipinski definition) is 4. The van der Waals surface area contributed by atoms with E-state index >= 15 is 0 Å². The monoisotopic (exact) mass is 371 g/mol. The molecule has 2 aromatic heterocycles. The number of aliphatic carboxylic acids is 1. The lowest BCUT2D eigenvalue weighted by molar-refractivity contribution is -0.138. The summed E-state index contributed by atoms with van der Waals surface area (Å²) in [6.07, 6.45) is 2.54. The van der Waals surface area contributed by atoms with E-state index in [-0.39, 0.29) is 17.7 Å². The molecule has 1 N–H and O–H groups in total. The van der Waals surface area contributed by atoms with Crippen LogP contribution in [0.5, 0.6) is 0 Å². The predicted molar refractivity (Wildman–Crippen MR) is 96.1 cm³/mol. The van der Waals surface area contributed by atoms with Gasteiger partial charge in [-0.3, -0.25) is 9.20 Å². The summed E-state index contributed by atoms with van der Waals surface area (Å²) in [4.78, 5) is 13.1. The Balaban J connectivity index is 1.68. The number of aromatic nitrogens is 3. The Bertz CT molecular complexity index is 1000. The lowest BCUT2D eigenvalue weighted by Gasteiger charge is -2.10. The van der Waals surface area contributed by atoms with Gasteiger partial charge in [-0.15, -0.1) is 10.2 Å². The van der Waals surface area contributed by atoms with E-state index in [4.69, 9.17) is 0 Å². The van der Waals surface area contributed by atoms with Crippen molar-refractivity contribution in [3.05, 3.63) is 53.7 Å². The van der Waals surface area contributed by atoms with Crippen LogP contribution in [0.1, 0.15) is 43.5 Å². The molecule has 134 valence electrons. The molecular formula is C19H18FN3O2S. The zero-order valence-corrected chi connectivity index (χ0v) is 15.2. The van der Waals surface area contributed by atoms with E-state index in [1.807, 2.05) is 22.7 Å². The van der Waals surface area contributed by atoms with Crippen LogP contribution < -0.4 is 0 Å². The minimum atomic E-state index is -0.817. The van der Waals surface area contributed by atoms with Gasteiger partial charge >= 0.3 is 5.97 Å². The standard InChI is InChI=1S/C19H18FN3O2S/c1-10(2)18-22-21-17-6-4-12(9-23(17)18)26-16-5-3-11(20)7-14(16)13-8-15(13)19(24)25/h3-7,9-10,13,15H,8H2,1-2H3,(H,24,25). The summed E-state index contributed by atoms with van der Waals surface area (Å²) in [6.45, 7) is 4.13. The van der Waals surface area contributed by atoms with Crippen molar-refractivity contribution in [2.75, 3.05) is 0 Å². The lowest BCUT2D eigenvalue weighted by Crippen LogP contribution is -2.00. The molecular weight excluding hydrogens is 353 g/mol. The second-order valence-corrected chi connectivity index (χ2v) is 7.99. The van der Waals surface area contributed by atoms with Crippen molar-refractivity contribution in [3.8, 4) is 0 Å². The maximum atomic E-state index is 13.7. The van der Waals surface area contributed by atoms with E-state index in [1.165, 1.54) is 23.9 Å². The van der Waals surface area contributed by atoms with Gasteiger partial charge in [0.15, 0.2) is 5.65 Å². The molecule has 0 bridgehead atoms. The van der Waals surface area contributed by atoms with Crippen molar-refractivity contribution in [1.82, 2.24) is 14.6 Å². The molecule has 2 atom stereocenters. The minimum Gasteiger partial charge on any atom is -0.481 e. The molecule has 1 saturated carbocycles. The molecule has 1 aliphatic rings. The molecule has 0 saturated heterocycles. The van der Waals surface area contributed by atoms with Gasteiger partial charge in [0.05, 0.1) is 5.92 Å². The zero-order valence-electron chi connectivity index (χ0n) is 14.4. The summed E-state index contributed by atoms with van der Waals surface area (Å²) < 4.78 is 15.7. The van der Waals surface area contributed by atoms with E-state index in [0.717, 1.165) is 26.8 Å². The van der Waals surface area contributed by atoms with E-state index in [2.05, 4.69) is 24.0 Å². The highest BCUT2D eigenvalue weighted by Gasteiger charge is 2.45. The Morgan fingerprint density at radius 1 is 1.31 bits per heavy atom. The minimum absolute atomic E-state index is 0.115. The Labute approximate surface area is 154 Å². The number of hydrogen-bond donors (Lipinski definition) is 1. The summed E-state index contributed by atoms with van der Waals surface area (Å²) in [5.74, 6) is -0.552. The van der Waals surface area contributed by atoms with Gasteiger partial charge in [-0.05, 0) is 48.2 Å². The van der Waals surface area contributed by atoms with Crippen LogP contribution >= 0.6 is 11.8 Å². The first-order valence-corrected chi connectivity index (χ1v) is 9.30. The van der Waals surface area contributed by atoms with Gasteiger partial charge in [-0.25, -0.2) is 4.39 Å². The van der Waals surface area contributed by atoms with E-state index in [0.29, 0.717) is 6.42 Å². The Morgan fingerprint density at radius 2 is 2.12 bits per heavy atom. The van der Waals surface area contributed by atoms with Crippen LogP contribution in [-0.2, 0) is 4.79 Å². The number of benzene rings is 1. The first kappa shape index (κ1) is 17.0. The highest BCUT2D eigenvalue weighted by atomic mass is 32.2. The number of pyridine rings is 1. The Morgan fingerprint density at radius 3 is 2.81 bits per heavy atom. The van der Waals surface area contributed by atoms with Crippen molar-refractivity contribution < 1.29 is 14.3 Å². The van der Waals surface area contributed by atoms with E-state index < -0.39 is 11.9 Å². The van der Waals surface area contributed by atoms with Crippen LogP contribution in [0.2, 0.25) is 0 Å². The SMILES string of the molecule is CC(C)c1nnc2ccc(Sc3ccc(F)cc3C3CC3C(=O)O)cn12. The molecule has 1 aromatic carbocycles. The summed E-state index contributed by atoms with van der Waals surface area (Å²) in [7, 11) is 0. The number of rotatable bonds is 5. The highest BCUT2D eigenvalue weighted by Crippen LogP contribution is 2.51. The number of carboxylic acid groups (broad SMARTS) is 1. The predicted octanol–water partition coefficient (Wildman–Crippen LogP) is 4.33. The van der Waals surface area contributed by atoms with Crippen LogP contribution in [-0.4, -0.2) is 25.7 Å². The number of halogens is 1. The maximum absolute atomic E-state index is 13.7. The number of carboxylic acids is 1. The van der Waals surface area contributed by atoms with Crippen LogP contribution in [0.4, 0.5) is 4.39 Å². The van der Waals surface area contributed by atoms with Crippen LogP contribution in [0.3, 0.4) is 0 Å². The van der Waals surface area contributed by atoms with Crippen LogP contribution in [0.25, 0.3) is 5.65 Å². The van der Waals surface area contributed by atoms with Crippen molar-refractivity contribution >= 4 is 23.4 Å². The Kier molecular flexibility index (Phi) is 4.19. The second-order valence-electron chi connectivity index (χ2n) is 6.88. The molecule has 0 spiro atoms. The van der Waals surface area contributed by atoms with Gasteiger partial charge < -0.3 is 5.11 Å². The normalized spacial score (nSPS) is 19.2. The summed E-state index contributed by atoms with van der Waals surface area (Å²) in [5, 5.41) is 17.6. The highest BCUT2D eigenvalue weighted by molar-refractivity contribution is 7.99. The molecule has 1 fully saturated rings. The van der Waals surface area contributed by atoms with Gasteiger partial charge in [-0.1, -0.05) is 25.6 Å². The van der Waals surface area contributed by atoms with Crippen molar-refractivity contribution in [1.29, 1.82) is 0 Å². The molecule has 2 heterocycles. The fourth-order valence-electron chi connectivity index (χ4n) is 3.18. The fraction of sp³-hybridized carbons (Fsp3) is 0.316. The molecule has 3 aromatic rings. The molecule has 1 aliphatic carbocycles. The zero-order chi connectivity index (χ0) is 18.4. The first-order chi connectivity index (χ1) is 12.4. The number of fused-ring (bicyclic) bond motifs is 1. The summed E-state index contributed by atoms with van der Waals surface area (Å²) >= 11 is 1.51. The van der Waals surface area contributed by atoms with Gasteiger partial charge in [0.1, 0.15) is 11.6 Å². The van der Waals surface area contributed by atoms with Crippen molar-refractivity contribution in [3.63, 3.8) is 0 Å². The third-order valence-corrected chi connectivity index (χ3v) is 5.69. The largest absolute Gasteiger partial charge is 0.481 e. The number of nitrogens with zero attached hydrogens (tertiary/aromatic N) is 3. The van der Waals surface area contributed by atoms with Gasteiger partial charge in [-0.2, -0.15) is 0 Å². The summed E-state index contributed by atoms with van der Waals surface area (Å²) in [5.41, 5.74) is 1.56.